The summed E-state index contributed by atoms with van der Waals surface area (Å²) in [7, 11) is -2.95. The second kappa shape index (κ2) is 7.90. The predicted octanol–water partition coefficient (Wildman–Crippen LogP) is 4.43. The molecule has 0 radical (unpaired) electrons. The minimum absolute atomic E-state index is 0.123. The van der Waals surface area contributed by atoms with Crippen LogP contribution in [0.15, 0.2) is 83.7 Å². The normalized spacial score (nSPS) is 16.2. The molecule has 5 rings (SSSR count). The molecule has 1 atom stereocenters. The fourth-order valence-corrected chi connectivity index (χ4v) is 7.54. The summed E-state index contributed by atoms with van der Waals surface area (Å²) in [6.07, 6.45) is 2.01. The maximum Gasteiger partial charge on any atom is 0.261 e. The minimum atomic E-state index is -2.95. The van der Waals surface area contributed by atoms with Gasteiger partial charge in [0.2, 0.25) is 0 Å². The lowest BCUT2D eigenvalue weighted by Crippen LogP contribution is -2.33. The second-order valence-electron chi connectivity index (χ2n) is 8.02. The van der Waals surface area contributed by atoms with Gasteiger partial charge < -0.3 is 4.57 Å². The molecule has 4 aromatic rings. The summed E-state index contributed by atoms with van der Waals surface area (Å²) >= 11 is 0. The average molecular weight is 432 g/mol. The van der Waals surface area contributed by atoms with Crippen LogP contribution >= 0.6 is 7.14 Å². The van der Waals surface area contributed by atoms with Gasteiger partial charge in [0.1, 0.15) is 18.8 Å². The van der Waals surface area contributed by atoms with Gasteiger partial charge in [-0.3, -0.25) is 9.36 Å². The molecular weight excluding hydrogens is 410 g/mol. The van der Waals surface area contributed by atoms with E-state index in [1.54, 1.807) is 10.6 Å². The Hall–Kier alpha value is -3.04. The van der Waals surface area contributed by atoms with Crippen molar-refractivity contribution in [2.24, 2.45) is 0 Å². The summed E-state index contributed by atoms with van der Waals surface area (Å²) in [5.74, 6) is 0.0848. The molecule has 1 aliphatic rings. The van der Waals surface area contributed by atoms with Crippen LogP contribution in [-0.4, -0.2) is 15.7 Å². The third-order valence-corrected chi connectivity index (χ3v) is 9.29. The highest BCUT2D eigenvalue weighted by Crippen LogP contribution is 2.48. The first kappa shape index (κ1) is 19.9. The molecule has 0 fully saturated rings. The number of nitrogens with zero attached hydrogens (tertiary/aromatic N) is 2. The SMILES string of the molecule is O=c1c2cc(F)ccc2nc2n1CCCC2CP(=O)(c1ccccc1)c1ccccc1. The van der Waals surface area contributed by atoms with Crippen molar-refractivity contribution < 1.29 is 8.96 Å². The lowest BCUT2D eigenvalue weighted by atomic mass is 10.00. The molecule has 1 aliphatic heterocycles. The van der Waals surface area contributed by atoms with E-state index in [2.05, 4.69) is 0 Å². The summed E-state index contributed by atoms with van der Waals surface area (Å²) in [6, 6.07) is 23.3. The molecule has 1 unspecified atom stereocenters. The number of fused-ring (bicyclic) bond motifs is 2. The Morgan fingerprint density at radius 2 is 1.61 bits per heavy atom. The highest BCUT2D eigenvalue weighted by atomic mass is 31.2. The lowest BCUT2D eigenvalue weighted by molar-refractivity contribution is 0.446. The maximum absolute atomic E-state index is 14.5. The third-order valence-electron chi connectivity index (χ3n) is 6.07. The number of halogens is 1. The molecule has 0 spiro atoms. The molecule has 3 aromatic carbocycles. The Kier molecular flexibility index (Phi) is 5.07. The molecule has 2 heterocycles. The van der Waals surface area contributed by atoms with Gasteiger partial charge in [0.25, 0.3) is 5.56 Å². The van der Waals surface area contributed by atoms with Crippen molar-refractivity contribution >= 4 is 28.7 Å². The van der Waals surface area contributed by atoms with Gasteiger partial charge in [0.05, 0.1) is 10.9 Å². The molecule has 0 bridgehead atoms. The van der Waals surface area contributed by atoms with Crippen molar-refractivity contribution in [2.45, 2.75) is 25.3 Å². The molecule has 0 N–H and O–H groups in total. The fraction of sp³-hybridized carbons (Fsp3) is 0.200. The van der Waals surface area contributed by atoms with E-state index in [1.165, 1.54) is 12.1 Å². The number of benzene rings is 3. The van der Waals surface area contributed by atoms with Crippen molar-refractivity contribution in [2.75, 3.05) is 6.16 Å². The molecule has 0 amide bonds. The summed E-state index contributed by atoms with van der Waals surface area (Å²) in [5.41, 5.74) is 0.261. The molecule has 0 saturated heterocycles. The Balaban J connectivity index is 1.64. The zero-order valence-electron chi connectivity index (χ0n) is 16.9. The van der Waals surface area contributed by atoms with Gasteiger partial charge in [-0.15, -0.1) is 0 Å². The largest absolute Gasteiger partial charge is 0.314 e. The summed E-state index contributed by atoms with van der Waals surface area (Å²) in [4.78, 5) is 17.8. The molecule has 1 aromatic heterocycles. The number of hydrogen-bond acceptors (Lipinski definition) is 3. The molecule has 156 valence electrons. The van der Waals surface area contributed by atoms with Crippen LogP contribution < -0.4 is 16.2 Å². The molecule has 31 heavy (non-hydrogen) atoms. The smallest absolute Gasteiger partial charge is 0.261 e. The Morgan fingerprint density at radius 1 is 0.968 bits per heavy atom. The molecular formula is C25H22FN2O2P. The van der Waals surface area contributed by atoms with E-state index < -0.39 is 13.0 Å². The quantitative estimate of drug-likeness (QED) is 0.449. The summed E-state index contributed by atoms with van der Waals surface area (Å²) in [5, 5.41) is 1.91. The maximum atomic E-state index is 14.5. The van der Waals surface area contributed by atoms with Gasteiger partial charge >= 0.3 is 0 Å². The van der Waals surface area contributed by atoms with E-state index in [4.69, 9.17) is 4.98 Å². The van der Waals surface area contributed by atoms with Crippen molar-refractivity contribution in [1.29, 1.82) is 0 Å². The van der Waals surface area contributed by atoms with Crippen molar-refractivity contribution in [3.63, 3.8) is 0 Å². The fourth-order valence-electron chi connectivity index (χ4n) is 4.54. The topological polar surface area (TPSA) is 52.0 Å². The molecule has 6 heteroatoms. The molecule has 0 aliphatic carbocycles. The summed E-state index contributed by atoms with van der Waals surface area (Å²) < 4.78 is 29.9. The van der Waals surface area contributed by atoms with Crippen molar-refractivity contribution in [3.8, 4) is 0 Å². The zero-order chi connectivity index (χ0) is 21.4. The third kappa shape index (κ3) is 3.53. The number of aromatic nitrogens is 2. The number of hydrogen-bond donors (Lipinski definition) is 0. The van der Waals surface area contributed by atoms with Crippen LogP contribution in [-0.2, 0) is 11.1 Å². The minimum Gasteiger partial charge on any atom is -0.314 e. The van der Waals surface area contributed by atoms with Gasteiger partial charge in [0.15, 0.2) is 0 Å². The van der Waals surface area contributed by atoms with Crippen LogP contribution in [0, 0.1) is 5.82 Å². The van der Waals surface area contributed by atoms with E-state index >= 15 is 0 Å². The Morgan fingerprint density at radius 3 is 2.26 bits per heavy atom. The van der Waals surface area contributed by atoms with E-state index in [0.717, 1.165) is 23.5 Å². The average Bonchev–Trinajstić information content (AvgIpc) is 2.81. The Labute approximate surface area is 179 Å². The van der Waals surface area contributed by atoms with Crippen molar-refractivity contribution in [3.05, 3.63) is 101 Å². The first-order valence-corrected chi connectivity index (χ1v) is 12.4. The first-order valence-electron chi connectivity index (χ1n) is 10.5. The van der Waals surface area contributed by atoms with E-state index in [0.29, 0.717) is 29.4 Å². The first-order chi connectivity index (χ1) is 15.1. The molecule has 4 nitrogen and oxygen atoms in total. The van der Waals surface area contributed by atoms with E-state index in [9.17, 15) is 13.8 Å². The van der Waals surface area contributed by atoms with Gasteiger partial charge in [-0.25, -0.2) is 9.37 Å². The molecule has 0 saturated carbocycles. The van der Waals surface area contributed by atoms with Gasteiger partial charge in [0, 0.05) is 29.2 Å². The van der Waals surface area contributed by atoms with Gasteiger partial charge in [-0.05, 0) is 31.0 Å². The Bertz CT molecular complexity index is 1310. The zero-order valence-corrected chi connectivity index (χ0v) is 17.8. The highest BCUT2D eigenvalue weighted by molar-refractivity contribution is 7.78. The lowest BCUT2D eigenvalue weighted by Gasteiger charge is -2.30. The van der Waals surface area contributed by atoms with Crippen LogP contribution in [0.2, 0.25) is 0 Å². The van der Waals surface area contributed by atoms with E-state index in [-0.39, 0.29) is 11.5 Å². The predicted molar refractivity (Wildman–Crippen MR) is 123 cm³/mol. The number of rotatable bonds is 4. The van der Waals surface area contributed by atoms with Gasteiger partial charge in [-0.2, -0.15) is 0 Å². The van der Waals surface area contributed by atoms with Crippen LogP contribution in [0.25, 0.3) is 10.9 Å². The summed E-state index contributed by atoms with van der Waals surface area (Å²) in [6.45, 7) is 0.547. The van der Waals surface area contributed by atoms with Crippen LogP contribution in [0.4, 0.5) is 4.39 Å². The standard InChI is InChI=1S/C25H22FN2O2P/c26-19-13-14-23-22(16-19)25(29)28-15-7-8-18(24(28)27-23)17-31(30,20-9-3-1-4-10-20)21-11-5-2-6-12-21/h1-6,9-14,16,18H,7-8,15,17H2. The van der Waals surface area contributed by atoms with Crippen LogP contribution in [0.3, 0.4) is 0 Å². The second-order valence-corrected chi connectivity index (χ2v) is 10.9. The monoisotopic (exact) mass is 432 g/mol. The van der Waals surface area contributed by atoms with Crippen LogP contribution in [0.5, 0.6) is 0 Å². The van der Waals surface area contributed by atoms with Crippen molar-refractivity contribution in [1.82, 2.24) is 9.55 Å². The highest BCUT2D eigenvalue weighted by Gasteiger charge is 2.34. The van der Waals surface area contributed by atoms with Crippen LogP contribution in [0.1, 0.15) is 24.6 Å². The van der Waals surface area contributed by atoms with E-state index in [1.807, 2.05) is 60.7 Å². The van der Waals surface area contributed by atoms with Gasteiger partial charge in [-0.1, -0.05) is 60.7 Å².